The molecule has 0 radical (unpaired) electrons. The number of anilines is 1. The zero-order valence-electron chi connectivity index (χ0n) is 25.0. The number of fused-ring (bicyclic) bond motifs is 1. The Morgan fingerprint density at radius 3 is 2.67 bits per heavy atom. The van der Waals surface area contributed by atoms with Gasteiger partial charge in [-0.3, -0.25) is 14.6 Å². The Kier molecular flexibility index (Phi) is 7.88. The zero-order chi connectivity index (χ0) is 33.4. The lowest BCUT2D eigenvalue weighted by Gasteiger charge is -2.14. The van der Waals surface area contributed by atoms with Crippen LogP contribution >= 0.6 is 0 Å². The van der Waals surface area contributed by atoms with Crippen molar-refractivity contribution < 1.29 is 26.7 Å². The molecule has 0 spiro atoms. The summed E-state index contributed by atoms with van der Waals surface area (Å²) in [5.41, 5.74) is 1.46. The highest BCUT2D eigenvalue weighted by atomic mass is 32.2. The SMILES string of the molecule is C=CC(=O)N1CC[C@@H](Oc2n[nH]c3ncc(-c4cn(-c5c(F)ccc(NS(=O)(=O)c6cccc(-c7ccccc7)c6)c5F)nn4)cc23)C1. The quantitative estimate of drug-likeness (QED) is 0.202. The molecule has 48 heavy (non-hydrogen) atoms. The van der Waals surface area contributed by atoms with Gasteiger partial charge in [-0.05, 0) is 47.5 Å². The van der Waals surface area contributed by atoms with Crippen molar-refractivity contribution >= 4 is 32.7 Å². The van der Waals surface area contributed by atoms with Gasteiger partial charge in [-0.15, -0.1) is 10.2 Å². The fraction of sp³-hybridized carbons (Fsp3) is 0.121. The minimum atomic E-state index is -4.26. The average molecular weight is 669 g/mol. The van der Waals surface area contributed by atoms with Crippen LogP contribution < -0.4 is 9.46 Å². The number of aromatic nitrogens is 6. The molecule has 1 aliphatic rings. The van der Waals surface area contributed by atoms with Crippen molar-refractivity contribution in [2.75, 3.05) is 17.8 Å². The number of pyridine rings is 1. The number of halogens is 2. The number of carbonyl (C=O) groups excluding carboxylic acids is 1. The van der Waals surface area contributed by atoms with Crippen LogP contribution in [0.2, 0.25) is 0 Å². The molecule has 15 heteroatoms. The van der Waals surface area contributed by atoms with E-state index in [1.165, 1.54) is 30.6 Å². The van der Waals surface area contributed by atoms with E-state index in [9.17, 15) is 13.2 Å². The molecule has 7 rings (SSSR count). The number of H-pyrrole nitrogens is 1. The molecule has 1 fully saturated rings. The number of sulfonamides is 1. The molecular weight excluding hydrogens is 642 g/mol. The first kappa shape index (κ1) is 30.7. The van der Waals surface area contributed by atoms with E-state index in [0.717, 1.165) is 22.4 Å². The number of carbonyl (C=O) groups is 1. The smallest absolute Gasteiger partial charge is 0.262 e. The van der Waals surface area contributed by atoms with E-state index < -0.39 is 33.0 Å². The maximum Gasteiger partial charge on any atom is 0.262 e. The molecule has 12 nitrogen and oxygen atoms in total. The van der Waals surface area contributed by atoms with Crippen molar-refractivity contribution in [3.8, 4) is 34.0 Å². The summed E-state index contributed by atoms with van der Waals surface area (Å²) in [6.45, 7) is 4.43. The summed E-state index contributed by atoms with van der Waals surface area (Å²) in [5, 5.41) is 15.5. The molecule has 1 atom stereocenters. The number of benzene rings is 3. The third-order valence-corrected chi connectivity index (χ3v) is 9.24. The molecule has 3 aromatic carbocycles. The van der Waals surface area contributed by atoms with Crippen LogP contribution in [0.25, 0.3) is 39.1 Å². The van der Waals surface area contributed by atoms with Crippen molar-refractivity contribution in [1.29, 1.82) is 0 Å². The maximum atomic E-state index is 15.8. The Labute approximate surface area is 272 Å². The molecule has 0 aliphatic carbocycles. The topological polar surface area (TPSA) is 148 Å². The van der Waals surface area contributed by atoms with E-state index in [4.69, 9.17) is 4.74 Å². The fourth-order valence-electron chi connectivity index (χ4n) is 5.43. The summed E-state index contributed by atoms with van der Waals surface area (Å²) in [6.07, 6.45) is 4.37. The van der Waals surface area contributed by atoms with Crippen LogP contribution in [0.1, 0.15) is 6.42 Å². The maximum absolute atomic E-state index is 15.8. The Morgan fingerprint density at radius 2 is 1.85 bits per heavy atom. The molecular formula is C33H26F2N8O4S. The van der Waals surface area contributed by atoms with Gasteiger partial charge in [0.1, 0.15) is 17.5 Å². The first-order valence-corrected chi connectivity index (χ1v) is 16.2. The number of nitrogens with one attached hydrogen (secondary N) is 2. The van der Waals surface area contributed by atoms with Gasteiger partial charge in [-0.1, -0.05) is 54.3 Å². The molecule has 1 amide bonds. The Hall–Kier alpha value is -5.96. The number of amides is 1. The van der Waals surface area contributed by atoms with Crippen LogP contribution in [0.5, 0.6) is 5.88 Å². The van der Waals surface area contributed by atoms with Crippen molar-refractivity contribution in [3.05, 3.63) is 109 Å². The highest BCUT2D eigenvalue weighted by Gasteiger charge is 2.28. The second-order valence-electron chi connectivity index (χ2n) is 11.0. The summed E-state index contributed by atoms with van der Waals surface area (Å²) < 4.78 is 66.6. The van der Waals surface area contributed by atoms with E-state index in [1.54, 1.807) is 23.1 Å². The molecule has 3 aromatic heterocycles. The first-order valence-electron chi connectivity index (χ1n) is 14.7. The Bertz CT molecular complexity index is 2290. The summed E-state index contributed by atoms with van der Waals surface area (Å²) in [5.74, 6) is -2.08. The van der Waals surface area contributed by atoms with Crippen LogP contribution in [0.15, 0.2) is 103 Å². The Balaban J connectivity index is 1.14. The highest BCUT2D eigenvalue weighted by molar-refractivity contribution is 7.92. The van der Waals surface area contributed by atoms with Gasteiger partial charge in [0.25, 0.3) is 10.0 Å². The second-order valence-corrected chi connectivity index (χ2v) is 12.7. The van der Waals surface area contributed by atoms with Gasteiger partial charge >= 0.3 is 0 Å². The molecule has 242 valence electrons. The molecule has 1 aliphatic heterocycles. The van der Waals surface area contributed by atoms with Crippen LogP contribution in [0.4, 0.5) is 14.5 Å². The summed E-state index contributed by atoms with van der Waals surface area (Å²) in [4.78, 5) is 17.8. The summed E-state index contributed by atoms with van der Waals surface area (Å²) in [7, 11) is -4.26. The number of nitrogens with zero attached hydrogens (tertiary/aromatic N) is 6. The number of hydrogen-bond acceptors (Lipinski definition) is 8. The van der Waals surface area contributed by atoms with Gasteiger partial charge in [-0.25, -0.2) is 26.9 Å². The number of rotatable bonds is 9. The second kappa shape index (κ2) is 12.3. The van der Waals surface area contributed by atoms with E-state index in [2.05, 4.69) is 36.8 Å². The molecule has 0 unspecified atom stereocenters. The van der Waals surface area contributed by atoms with Crippen LogP contribution in [0, 0.1) is 11.6 Å². The van der Waals surface area contributed by atoms with Crippen molar-refractivity contribution in [3.63, 3.8) is 0 Å². The van der Waals surface area contributed by atoms with Crippen molar-refractivity contribution in [2.45, 2.75) is 17.4 Å². The van der Waals surface area contributed by atoms with Crippen molar-refractivity contribution in [1.82, 2.24) is 35.1 Å². The van der Waals surface area contributed by atoms with Gasteiger partial charge < -0.3 is 9.64 Å². The van der Waals surface area contributed by atoms with E-state index >= 15 is 8.78 Å². The van der Waals surface area contributed by atoms with Crippen LogP contribution in [-0.4, -0.2) is 68.6 Å². The number of ether oxygens (including phenoxy) is 1. The summed E-state index contributed by atoms with van der Waals surface area (Å²) >= 11 is 0. The van der Waals surface area contributed by atoms with Crippen LogP contribution in [-0.2, 0) is 14.8 Å². The predicted octanol–water partition coefficient (Wildman–Crippen LogP) is 5.12. The third kappa shape index (κ3) is 5.86. The molecule has 6 aromatic rings. The standard InChI is InChI=1S/C33H26F2N8O4S/c1-2-29(44)42-14-13-23(18-42)47-33-25-16-22(17-36-32(25)38-39-33)28-19-43(41-37-28)31-26(34)11-12-27(30(31)35)40-48(45,46)24-10-6-9-21(15-24)20-7-4-3-5-8-20/h2-12,15-17,19,23,40H,1,13-14,18H2,(H,36,38,39)/t23-/m1/s1. The fourth-order valence-corrected chi connectivity index (χ4v) is 6.54. The normalized spacial score (nSPS) is 14.7. The molecule has 4 heterocycles. The third-order valence-electron chi connectivity index (χ3n) is 7.87. The van der Waals surface area contributed by atoms with Gasteiger partial charge in [0.2, 0.25) is 11.8 Å². The number of aromatic amines is 1. The predicted molar refractivity (Wildman–Crippen MR) is 173 cm³/mol. The molecule has 0 saturated carbocycles. The lowest BCUT2D eigenvalue weighted by atomic mass is 10.1. The Morgan fingerprint density at radius 1 is 1.04 bits per heavy atom. The molecule has 0 bridgehead atoms. The largest absolute Gasteiger partial charge is 0.471 e. The first-order chi connectivity index (χ1) is 23.2. The monoisotopic (exact) mass is 668 g/mol. The minimum Gasteiger partial charge on any atom is -0.471 e. The number of hydrogen-bond donors (Lipinski definition) is 2. The lowest BCUT2D eigenvalue weighted by molar-refractivity contribution is -0.125. The van der Waals surface area contributed by atoms with E-state index in [-0.39, 0.29) is 28.5 Å². The summed E-state index contributed by atoms with van der Waals surface area (Å²) in [6, 6.07) is 19.0. The van der Waals surface area contributed by atoms with E-state index in [0.29, 0.717) is 41.7 Å². The van der Waals surface area contributed by atoms with Gasteiger partial charge in [0.05, 0.1) is 28.7 Å². The highest BCUT2D eigenvalue weighted by Crippen LogP contribution is 2.31. The van der Waals surface area contributed by atoms with Crippen molar-refractivity contribution in [2.24, 2.45) is 0 Å². The number of likely N-dealkylation sites (tertiary alicyclic amines) is 1. The lowest BCUT2D eigenvalue weighted by Crippen LogP contribution is -2.29. The van der Waals surface area contributed by atoms with Gasteiger partial charge in [0, 0.05) is 24.7 Å². The molecule has 2 N–H and O–H groups in total. The van der Waals surface area contributed by atoms with E-state index in [1.807, 2.05) is 30.3 Å². The average Bonchev–Trinajstić information content (AvgIpc) is 3.87. The zero-order valence-corrected chi connectivity index (χ0v) is 25.9. The minimum absolute atomic E-state index is 0.0989. The van der Waals surface area contributed by atoms with Gasteiger partial charge in [0.15, 0.2) is 17.3 Å². The van der Waals surface area contributed by atoms with Gasteiger partial charge in [-0.2, -0.15) is 0 Å². The van der Waals surface area contributed by atoms with Crippen LogP contribution in [0.3, 0.4) is 0 Å². The molecule has 1 saturated heterocycles.